The monoisotopic (exact) mass is 418 g/mol. The van der Waals surface area contributed by atoms with Gasteiger partial charge in [0.25, 0.3) is 5.91 Å². The second-order valence-corrected chi connectivity index (χ2v) is 8.16. The molecule has 1 heterocycles. The highest BCUT2D eigenvalue weighted by Gasteiger charge is 2.23. The van der Waals surface area contributed by atoms with Crippen LogP contribution >= 0.6 is 0 Å². The first-order valence-corrected chi connectivity index (χ1v) is 10.6. The van der Waals surface area contributed by atoms with Crippen molar-refractivity contribution in [3.63, 3.8) is 0 Å². The van der Waals surface area contributed by atoms with Gasteiger partial charge in [-0.1, -0.05) is 43.3 Å². The molecule has 160 valence electrons. The van der Waals surface area contributed by atoms with Crippen LogP contribution in [0.3, 0.4) is 0 Å². The molecule has 7 heteroatoms. The van der Waals surface area contributed by atoms with Gasteiger partial charge in [0.15, 0.2) is 0 Å². The Kier molecular flexibility index (Phi) is 6.11. The third kappa shape index (κ3) is 5.57. The lowest BCUT2D eigenvalue weighted by molar-refractivity contribution is -0.116. The van der Waals surface area contributed by atoms with E-state index in [1.165, 1.54) is 5.56 Å². The van der Waals surface area contributed by atoms with Crippen LogP contribution in [0.4, 0.5) is 5.69 Å². The van der Waals surface area contributed by atoms with Crippen molar-refractivity contribution >= 4 is 17.5 Å². The topological polar surface area (TPSA) is 97.1 Å². The summed E-state index contributed by atoms with van der Waals surface area (Å²) >= 11 is 0. The van der Waals surface area contributed by atoms with Crippen LogP contribution in [0, 0.1) is 0 Å². The minimum absolute atomic E-state index is 0.0774. The van der Waals surface area contributed by atoms with Crippen LogP contribution < -0.4 is 10.6 Å². The first kappa shape index (κ1) is 20.8. The quantitative estimate of drug-likeness (QED) is 0.568. The van der Waals surface area contributed by atoms with E-state index in [4.69, 9.17) is 4.52 Å². The zero-order chi connectivity index (χ0) is 21.8. The Morgan fingerprint density at radius 2 is 1.77 bits per heavy atom. The second kappa shape index (κ2) is 9.12. The number of nitrogens with one attached hydrogen (secondary N) is 2. The molecular weight excluding hydrogens is 392 g/mol. The largest absolute Gasteiger partial charge is 0.349 e. The number of hydrogen-bond donors (Lipinski definition) is 2. The molecule has 2 amide bonds. The lowest BCUT2D eigenvalue weighted by Gasteiger charge is -2.06. The molecule has 3 aromatic rings. The molecule has 0 spiro atoms. The summed E-state index contributed by atoms with van der Waals surface area (Å²) in [7, 11) is 0. The van der Waals surface area contributed by atoms with Gasteiger partial charge < -0.3 is 15.2 Å². The first-order valence-electron chi connectivity index (χ1n) is 10.6. The van der Waals surface area contributed by atoms with Crippen molar-refractivity contribution in [3.05, 3.63) is 65.5 Å². The van der Waals surface area contributed by atoms with Gasteiger partial charge in [0, 0.05) is 35.7 Å². The predicted molar refractivity (Wildman–Crippen MR) is 118 cm³/mol. The number of benzene rings is 2. The van der Waals surface area contributed by atoms with E-state index >= 15 is 0 Å². The molecule has 0 aliphatic heterocycles. The molecule has 0 bridgehead atoms. The van der Waals surface area contributed by atoms with E-state index in [0.717, 1.165) is 18.4 Å². The molecule has 0 saturated heterocycles. The maximum Gasteiger partial charge on any atom is 0.251 e. The number of anilines is 1. The molecule has 31 heavy (non-hydrogen) atoms. The summed E-state index contributed by atoms with van der Waals surface area (Å²) in [5.41, 5.74) is 3.37. The zero-order valence-electron chi connectivity index (χ0n) is 17.7. The summed E-state index contributed by atoms with van der Waals surface area (Å²) in [5.74, 6) is 1.17. The van der Waals surface area contributed by atoms with E-state index in [-0.39, 0.29) is 18.2 Å². The van der Waals surface area contributed by atoms with Crippen molar-refractivity contribution in [2.45, 2.75) is 51.5 Å². The molecule has 1 saturated carbocycles. The van der Waals surface area contributed by atoms with Crippen molar-refractivity contribution in [2.24, 2.45) is 0 Å². The molecule has 1 aromatic heterocycles. The van der Waals surface area contributed by atoms with Gasteiger partial charge in [-0.3, -0.25) is 9.59 Å². The van der Waals surface area contributed by atoms with Gasteiger partial charge in [-0.2, -0.15) is 4.98 Å². The van der Waals surface area contributed by atoms with E-state index in [0.29, 0.717) is 41.3 Å². The third-order valence-electron chi connectivity index (χ3n) is 5.21. The van der Waals surface area contributed by atoms with E-state index < -0.39 is 0 Å². The molecule has 1 fully saturated rings. The van der Waals surface area contributed by atoms with Crippen LogP contribution in [0.5, 0.6) is 0 Å². The van der Waals surface area contributed by atoms with Gasteiger partial charge in [0.05, 0.1) is 0 Å². The van der Waals surface area contributed by atoms with Crippen molar-refractivity contribution in [1.29, 1.82) is 0 Å². The maximum atomic E-state index is 12.3. The van der Waals surface area contributed by atoms with Gasteiger partial charge >= 0.3 is 0 Å². The highest BCUT2D eigenvalue weighted by Crippen LogP contribution is 2.21. The fraction of sp³-hybridized carbons (Fsp3) is 0.333. The van der Waals surface area contributed by atoms with Crippen LogP contribution in [0.1, 0.15) is 60.8 Å². The Labute approximate surface area is 181 Å². The summed E-state index contributed by atoms with van der Waals surface area (Å²) in [4.78, 5) is 28.7. The van der Waals surface area contributed by atoms with Crippen molar-refractivity contribution in [1.82, 2.24) is 15.5 Å². The minimum Gasteiger partial charge on any atom is -0.349 e. The van der Waals surface area contributed by atoms with Gasteiger partial charge in [0.2, 0.25) is 17.6 Å². The van der Waals surface area contributed by atoms with E-state index in [1.54, 1.807) is 24.3 Å². The summed E-state index contributed by atoms with van der Waals surface area (Å²) in [6, 6.07) is 15.3. The predicted octanol–water partition coefficient (Wildman–Crippen LogP) is 4.32. The Hall–Kier alpha value is -3.48. The van der Waals surface area contributed by atoms with E-state index in [9.17, 15) is 9.59 Å². The number of carbonyl (C=O) groups is 2. The van der Waals surface area contributed by atoms with E-state index in [1.807, 2.05) is 12.1 Å². The average molecular weight is 418 g/mol. The fourth-order valence-electron chi connectivity index (χ4n) is 3.14. The Morgan fingerprint density at radius 3 is 2.42 bits per heavy atom. The lowest BCUT2D eigenvalue weighted by atomic mass is 10.0. The number of carbonyl (C=O) groups excluding carboxylic acids is 2. The number of aromatic nitrogens is 2. The maximum absolute atomic E-state index is 12.3. The number of hydrogen-bond acceptors (Lipinski definition) is 5. The molecule has 2 aromatic carbocycles. The molecule has 0 radical (unpaired) electrons. The Balaban J connectivity index is 1.27. The van der Waals surface area contributed by atoms with Crippen molar-refractivity contribution in [3.8, 4) is 11.4 Å². The molecule has 1 aliphatic carbocycles. The molecule has 2 N–H and O–H groups in total. The zero-order valence-corrected chi connectivity index (χ0v) is 17.7. The Morgan fingerprint density at radius 1 is 1.06 bits per heavy atom. The summed E-state index contributed by atoms with van der Waals surface area (Å²) in [6.07, 6.45) is 2.67. The number of nitrogens with zero attached hydrogens (tertiary/aromatic N) is 2. The van der Waals surface area contributed by atoms with E-state index in [2.05, 4.69) is 46.8 Å². The third-order valence-corrected chi connectivity index (χ3v) is 5.21. The van der Waals surface area contributed by atoms with Crippen molar-refractivity contribution in [2.75, 3.05) is 5.32 Å². The highest BCUT2D eigenvalue weighted by atomic mass is 16.5. The Bertz CT molecular complexity index is 1050. The summed E-state index contributed by atoms with van der Waals surface area (Å²) < 4.78 is 5.29. The van der Waals surface area contributed by atoms with Crippen LogP contribution in [-0.2, 0) is 11.2 Å². The number of aryl methyl sites for hydroxylation is 1. The molecule has 4 rings (SSSR count). The fourth-order valence-corrected chi connectivity index (χ4v) is 3.14. The SMILES string of the molecule is CC(C)c1ccc(-c2noc(CCC(=O)Nc3ccc(C(=O)NC4CC4)cc3)n2)cc1. The van der Waals surface area contributed by atoms with Crippen LogP contribution in [-0.4, -0.2) is 28.0 Å². The molecule has 0 unspecified atom stereocenters. The van der Waals surface area contributed by atoms with Crippen LogP contribution in [0.15, 0.2) is 53.1 Å². The summed E-state index contributed by atoms with van der Waals surface area (Å²) in [6.45, 7) is 4.29. The van der Waals surface area contributed by atoms with Gasteiger partial charge in [-0.25, -0.2) is 0 Å². The second-order valence-electron chi connectivity index (χ2n) is 8.16. The standard InChI is InChI=1S/C24H26N4O3/c1-15(2)16-3-5-17(6-4-16)23-27-22(31-28-23)14-13-21(29)25-19-9-7-18(8-10-19)24(30)26-20-11-12-20/h3-10,15,20H,11-14H2,1-2H3,(H,25,29)(H,26,30). The van der Waals surface area contributed by atoms with Gasteiger partial charge in [-0.05, 0) is 48.6 Å². The average Bonchev–Trinajstić information content (AvgIpc) is 3.46. The molecule has 0 atom stereocenters. The normalized spacial score (nSPS) is 13.3. The lowest BCUT2D eigenvalue weighted by Crippen LogP contribution is -2.25. The molecule has 1 aliphatic rings. The summed E-state index contributed by atoms with van der Waals surface area (Å²) in [5, 5.41) is 9.78. The van der Waals surface area contributed by atoms with Crippen molar-refractivity contribution < 1.29 is 14.1 Å². The first-order chi connectivity index (χ1) is 15.0. The highest BCUT2D eigenvalue weighted by molar-refractivity contribution is 5.96. The molecule has 7 nitrogen and oxygen atoms in total. The smallest absolute Gasteiger partial charge is 0.251 e. The van der Waals surface area contributed by atoms with Gasteiger partial charge in [-0.15, -0.1) is 0 Å². The number of amides is 2. The van der Waals surface area contributed by atoms with Gasteiger partial charge in [0.1, 0.15) is 0 Å². The van der Waals surface area contributed by atoms with Crippen LogP contribution in [0.2, 0.25) is 0 Å². The van der Waals surface area contributed by atoms with Crippen LogP contribution in [0.25, 0.3) is 11.4 Å². The minimum atomic E-state index is -0.156. The molecular formula is C24H26N4O3. The number of rotatable bonds is 8.